The molecule has 122 valence electrons. The van der Waals surface area contributed by atoms with Gasteiger partial charge in [0.1, 0.15) is 5.58 Å². The summed E-state index contributed by atoms with van der Waals surface area (Å²) in [4.78, 5) is 13.9. The summed E-state index contributed by atoms with van der Waals surface area (Å²) in [5.74, 6) is -1.28. The minimum absolute atomic E-state index is 0.0586. The van der Waals surface area contributed by atoms with Crippen LogP contribution < -0.4 is 10.3 Å². The Morgan fingerprint density at radius 1 is 1.04 bits per heavy atom. The molecule has 6 heteroatoms. The Bertz CT molecular complexity index is 991. The van der Waals surface area contributed by atoms with Gasteiger partial charge in [-0.1, -0.05) is 18.2 Å². The average Bonchev–Trinajstić information content (AvgIpc) is 2.97. The van der Waals surface area contributed by atoms with Crippen molar-refractivity contribution < 1.29 is 17.6 Å². The molecule has 0 spiro atoms. The topological polar surface area (TPSA) is 33.5 Å². The number of alkyl halides is 3. The predicted octanol–water partition coefficient (Wildman–Crippen LogP) is 4.51. The van der Waals surface area contributed by atoms with Gasteiger partial charge in [0, 0.05) is 30.1 Å². The zero-order chi connectivity index (χ0) is 16.9. The van der Waals surface area contributed by atoms with E-state index in [4.69, 9.17) is 4.42 Å². The van der Waals surface area contributed by atoms with Crippen molar-refractivity contribution in [3.05, 3.63) is 70.1 Å². The maximum Gasteiger partial charge on any atom is 0.449 e. The Morgan fingerprint density at radius 3 is 2.62 bits per heavy atom. The summed E-state index contributed by atoms with van der Waals surface area (Å²) in [7, 11) is 0. The second-order valence-electron chi connectivity index (χ2n) is 5.68. The van der Waals surface area contributed by atoms with Crippen LogP contribution in [0.4, 0.5) is 24.5 Å². The molecule has 0 aliphatic carbocycles. The van der Waals surface area contributed by atoms with E-state index in [1.165, 1.54) is 17.7 Å². The number of hydrogen-bond donors (Lipinski definition) is 0. The molecule has 0 unspecified atom stereocenters. The molecule has 0 bridgehead atoms. The Balaban J connectivity index is 1.86. The second-order valence-corrected chi connectivity index (χ2v) is 5.68. The molecule has 0 saturated heterocycles. The minimum Gasteiger partial charge on any atom is -0.451 e. The molecule has 0 fully saturated rings. The zero-order valence-electron chi connectivity index (χ0n) is 12.4. The number of benzene rings is 2. The minimum atomic E-state index is -4.69. The third kappa shape index (κ3) is 2.35. The van der Waals surface area contributed by atoms with Crippen LogP contribution in [0.15, 0.2) is 57.7 Å². The highest BCUT2D eigenvalue weighted by atomic mass is 19.4. The number of rotatable bonds is 1. The van der Waals surface area contributed by atoms with Gasteiger partial charge in [0.2, 0.25) is 5.76 Å². The molecule has 4 rings (SSSR count). The zero-order valence-corrected chi connectivity index (χ0v) is 12.4. The Labute approximate surface area is 134 Å². The van der Waals surface area contributed by atoms with Gasteiger partial charge in [0.05, 0.1) is 5.39 Å². The molecule has 0 saturated carbocycles. The summed E-state index contributed by atoms with van der Waals surface area (Å²) in [5.41, 5.74) is 2.15. The number of fused-ring (bicyclic) bond motifs is 2. The smallest absolute Gasteiger partial charge is 0.449 e. The van der Waals surface area contributed by atoms with E-state index >= 15 is 0 Å². The molecule has 3 nitrogen and oxygen atoms in total. The molecular weight excluding hydrogens is 319 g/mol. The first kappa shape index (κ1) is 14.8. The van der Waals surface area contributed by atoms with Gasteiger partial charge in [0.25, 0.3) is 0 Å². The summed E-state index contributed by atoms with van der Waals surface area (Å²) in [6, 6.07) is 13.1. The van der Waals surface area contributed by atoms with Crippen LogP contribution in [0.2, 0.25) is 0 Å². The Hall–Kier alpha value is -2.76. The first-order valence-corrected chi connectivity index (χ1v) is 7.44. The van der Waals surface area contributed by atoms with Crippen molar-refractivity contribution in [2.24, 2.45) is 0 Å². The number of para-hydroxylation sites is 1. The normalized spacial score (nSPS) is 14.2. The molecular formula is C18H12F3NO2. The van der Waals surface area contributed by atoms with Gasteiger partial charge in [-0.3, -0.25) is 4.79 Å². The van der Waals surface area contributed by atoms with Crippen molar-refractivity contribution in [1.29, 1.82) is 0 Å². The molecule has 1 aliphatic rings. The lowest BCUT2D eigenvalue weighted by molar-refractivity contribution is -0.152. The van der Waals surface area contributed by atoms with Crippen LogP contribution in [0.5, 0.6) is 0 Å². The standard InChI is InChI=1S/C18H12F3NO2/c19-18(20,21)17-10-15(23)13-6-5-12(9-16(13)24-17)22-8-7-11-3-1-2-4-14(11)22/h1-6,9-10H,7-8H2. The lowest BCUT2D eigenvalue weighted by Crippen LogP contribution is -2.14. The van der Waals surface area contributed by atoms with Gasteiger partial charge in [-0.2, -0.15) is 13.2 Å². The second kappa shape index (κ2) is 5.12. The molecule has 0 amide bonds. The number of halogens is 3. The van der Waals surface area contributed by atoms with Crippen LogP contribution in [-0.4, -0.2) is 6.54 Å². The quantitative estimate of drug-likeness (QED) is 0.658. The summed E-state index contributed by atoms with van der Waals surface area (Å²) in [6.07, 6.45) is -3.83. The molecule has 3 aromatic rings. The number of hydrogen-bond acceptors (Lipinski definition) is 3. The van der Waals surface area contributed by atoms with Crippen molar-refractivity contribution in [3.63, 3.8) is 0 Å². The van der Waals surface area contributed by atoms with Gasteiger partial charge >= 0.3 is 6.18 Å². The van der Waals surface area contributed by atoms with E-state index in [0.29, 0.717) is 11.8 Å². The third-order valence-corrected chi connectivity index (χ3v) is 4.19. The molecule has 1 aromatic heterocycles. The summed E-state index contributed by atoms with van der Waals surface area (Å²) in [5, 5.41) is 0.138. The molecule has 0 radical (unpaired) electrons. The highest BCUT2D eigenvalue weighted by Gasteiger charge is 2.35. The number of nitrogens with zero attached hydrogens (tertiary/aromatic N) is 1. The van der Waals surface area contributed by atoms with E-state index in [1.807, 2.05) is 29.2 Å². The fourth-order valence-electron chi connectivity index (χ4n) is 3.06. The summed E-state index contributed by atoms with van der Waals surface area (Å²) >= 11 is 0. The monoisotopic (exact) mass is 331 g/mol. The van der Waals surface area contributed by atoms with E-state index < -0.39 is 17.4 Å². The molecule has 24 heavy (non-hydrogen) atoms. The molecule has 2 heterocycles. The van der Waals surface area contributed by atoms with Crippen LogP contribution in [0, 0.1) is 0 Å². The lowest BCUT2D eigenvalue weighted by atomic mass is 10.1. The van der Waals surface area contributed by atoms with Crippen LogP contribution in [0.25, 0.3) is 11.0 Å². The largest absolute Gasteiger partial charge is 0.451 e. The highest BCUT2D eigenvalue weighted by Crippen LogP contribution is 2.36. The first-order chi connectivity index (χ1) is 11.4. The van der Waals surface area contributed by atoms with Crippen LogP contribution in [0.3, 0.4) is 0 Å². The highest BCUT2D eigenvalue weighted by molar-refractivity contribution is 5.83. The van der Waals surface area contributed by atoms with Crippen molar-refractivity contribution in [2.45, 2.75) is 12.6 Å². The Kier molecular flexibility index (Phi) is 3.16. The van der Waals surface area contributed by atoms with E-state index in [0.717, 1.165) is 18.7 Å². The van der Waals surface area contributed by atoms with Crippen LogP contribution in [0.1, 0.15) is 11.3 Å². The van der Waals surface area contributed by atoms with Gasteiger partial charge in [-0.25, -0.2) is 0 Å². The van der Waals surface area contributed by atoms with Crippen molar-refractivity contribution in [1.82, 2.24) is 0 Å². The van der Waals surface area contributed by atoms with E-state index in [2.05, 4.69) is 0 Å². The number of anilines is 2. The third-order valence-electron chi connectivity index (χ3n) is 4.19. The first-order valence-electron chi connectivity index (χ1n) is 7.44. The molecule has 0 atom stereocenters. The lowest BCUT2D eigenvalue weighted by Gasteiger charge is -2.19. The van der Waals surface area contributed by atoms with Crippen molar-refractivity contribution in [3.8, 4) is 0 Å². The summed E-state index contributed by atoms with van der Waals surface area (Å²) in [6.45, 7) is 0.730. The van der Waals surface area contributed by atoms with Crippen molar-refractivity contribution in [2.75, 3.05) is 11.4 Å². The van der Waals surface area contributed by atoms with Crippen LogP contribution in [-0.2, 0) is 12.6 Å². The van der Waals surface area contributed by atoms with E-state index in [9.17, 15) is 18.0 Å². The van der Waals surface area contributed by atoms with E-state index in [-0.39, 0.29) is 11.0 Å². The molecule has 0 N–H and O–H groups in total. The van der Waals surface area contributed by atoms with Crippen LogP contribution >= 0.6 is 0 Å². The predicted molar refractivity (Wildman–Crippen MR) is 84.6 cm³/mol. The maximum absolute atomic E-state index is 12.9. The Morgan fingerprint density at radius 2 is 1.83 bits per heavy atom. The fourth-order valence-corrected chi connectivity index (χ4v) is 3.06. The van der Waals surface area contributed by atoms with Gasteiger partial charge in [0.15, 0.2) is 5.43 Å². The average molecular weight is 331 g/mol. The molecule has 1 aliphatic heterocycles. The van der Waals surface area contributed by atoms with Gasteiger partial charge in [-0.15, -0.1) is 0 Å². The van der Waals surface area contributed by atoms with Crippen molar-refractivity contribution >= 4 is 22.3 Å². The molecule has 2 aromatic carbocycles. The summed E-state index contributed by atoms with van der Waals surface area (Å²) < 4.78 is 43.5. The SMILES string of the molecule is O=c1cc(C(F)(F)F)oc2cc(N3CCc4ccccc43)ccc12. The van der Waals surface area contributed by atoms with Gasteiger partial charge < -0.3 is 9.32 Å². The maximum atomic E-state index is 12.9. The fraction of sp³-hybridized carbons (Fsp3) is 0.167. The van der Waals surface area contributed by atoms with E-state index in [1.54, 1.807) is 6.07 Å². The van der Waals surface area contributed by atoms with Gasteiger partial charge in [-0.05, 0) is 30.2 Å².